The molecule has 0 N–H and O–H groups in total. The van der Waals surface area contributed by atoms with Crippen molar-refractivity contribution in [2.45, 2.75) is 46.1 Å². The lowest BCUT2D eigenvalue weighted by Crippen LogP contribution is -2.46. The molecule has 9 heteroatoms. The van der Waals surface area contributed by atoms with Crippen LogP contribution in [0.25, 0.3) is 17.0 Å². The molecule has 6 nitrogen and oxygen atoms in total. The van der Waals surface area contributed by atoms with Crippen molar-refractivity contribution < 1.29 is 9.53 Å². The van der Waals surface area contributed by atoms with E-state index < -0.39 is 0 Å². The average Bonchev–Trinajstić information content (AvgIpc) is 3.12. The van der Waals surface area contributed by atoms with E-state index in [4.69, 9.17) is 28.6 Å². The van der Waals surface area contributed by atoms with E-state index in [1.54, 1.807) is 21.6 Å². The number of carbonyl (C=O) groups is 1. The Kier molecular flexibility index (Phi) is 7.45. The Labute approximate surface area is 230 Å². The fourth-order valence-electron chi connectivity index (χ4n) is 5.12. The fraction of sp³-hybridized carbons (Fsp3) is 0.321. The normalized spacial score (nSPS) is 21.5. The molecule has 2 unspecified atom stereocenters. The van der Waals surface area contributed by atoms with Gasteiger partial charge in [-0.05, 0) is 44.5 Å². The first-order chi connectivity index (χ1) is 17.8. The van der Waals surface area contributed by atoms with Crippen LogP contribution in [0, 0.1) is 0 Å². The van der Waals surface area contributed by atoms with Gasteiger partial charge in [-0.3, -0.25) is 14.5 Å². The number of nitrogens with zero attached hydrogens (tertiary/aromatic N) is 3. The highest BCUT2D eigenvalue weighted by Crippen LogP contribution is 2.38. The van der Waals surface area contributed by atoms with Crippen LogP contribution >= 0.6 is 35.6 Å². The van der Waals surface area contributed by atoms with Crippen molar-refractivity contribution in [3.8, 4) is 0 Å². The van der Waals surface area contributed by atoms with Gasteiger partial charge in [0.25, 0.3) is 11.5 Å². The van der Waals surface area contributed by atoms with E-state index in [2.05, 4.69) is 4.90 Å². The molecular weight excluding hydrogens is 526 g/mol. The molecule has 192 valence electrons. The van der Waals surface area contributed by atoms with Crippen LogP contribution in [0.2, 0.25) is 5.02 Å². The number of amides is 1. The van der Waals surface area contributed by atoms with E-state index in [9.17, 15) is 9.59 Å². The molecule has 2 saturated heterocycles. The number of anilines is 1. The van der Waals surface area contributed by atoms with Crippen LogP contribution in [-0.4, -0.2) is 45.0 Å². The third kappa shape index (κ3) is 4.95. The molecule has 0 radical (unpaired) electrons. The summed E-state index contributed by atoms with van der Waals surface area (Å²) in [5.74, 6) is -0.222. The van der Waals surface area contributed by atoms with Gasteiger partial charge >= 0.3 is 0 Å². The van der Waals surface area contributed by atoms with E-state index in [1.807, 2.05) is 63.2 Å². The van der Waals surface area contributed by atoms with Gasteiger partial charge in [-0.25, -0.2) is 0 Å². The number of benzene rings is 2. The van der Waals surface area contributed by atoms with Crippen LogP contribution in [0.5, 0.6) is 0 Å². The van der Waals surface area contributed by atoms with Gasteiger partial charge in [0, 0.05) is 30.0 Å². The minimum Gasteiger partial charge on any atom is -0.372 e. The molecule has 0 saturated carbocycles. The zero-order chi connectivity index (χ0) is 26.3. The molecule has 1 aromatic heterocycles. The average molecular weight is 554 g/mol. The van der Waals surface area contributed by atoms with Crippen LogP contribution in [0.1, 0.15) is 31.9 Å². The maximum Gasteiger partial charge on any atom is 0.266 e. The molecule has 3 aromatic rings. The maximum absolute atomic E-state index is 13.9. The maximum atomic E-state index is 13.9. The van der Waals surface area contributed by atoms with E-state index in [0.29, 0.717) is 39.4 Å². The second-order valence-electron chi connectivity index (χ2n) is 9.35. The molecular formula is C28H28ClN3O3S2. The molecule has 2 fully saturated rings. The lowest BCUT2D eigenvalue weighted by molar-refractivity contribution is -0.122. The van der Waals surface area contributed by atoms with Crippen LogP contribution in [0.15, 0.2) is 58.2 Å². The predicted octanol–water partition coefficient (Wildman–Crippen LogP) is 5.69. The third-order valence-electron chi connectivity index (χ3n) is 6.67. The van der Waals surface area contributed by atoms with Crippen LogP contribution in [-0.2, 0) is 22.6 Å². The van der Waals surface area contributed by atoms with Crippen molar-refractivity contribution in [1.29, 1.82) is 0 Å². The highest BCUT2D eigenvalue weighted by Gasteiger charge is 2.34. The molecule has 2 aliphatic heterocycles. The Balaban J connectivity index is 1.64. The molecule has 2 aliphatic rings. The number of aromatic nitrogens is 1. The number of thioether (sulfide) groups is 1. The smallest absolute Gasteiger partial charge is 0.266 e. The van der Waals surface area contributed by atoms with Gasteiger partial charge in [0.15, 0.2) is 0 Å². The third-order valence-corrected chi connectivity index (χ3v) is 8.41. The van der Waals surface area contributed by atoms with Crippen LogP contribution < -0.4 is 10.5 Å². The molecule has 2 aromatic carbocycles. The van der Waals surface area contributed by atoms with E-state index in [1.165, 1.54) is 11.8 Å². The minimum absolute atomic E-state index is 0.0119. The number of aryl methyl sites for hydroxylation is 1. The van der Waals surface area contributed by atoms with Crippen molar-refractivity contribution in [1.82, 2.24) is 9.47 Å². The summed E-state index contributed by atoms with van der Waals surface area (Å²) in [6.45, 7) is 8.14. The summed E-state index contributed by atoms with van der Waals surface area (Å²) >= 11 is 13.1. The fourth-order valence-corrected chi connectivity index (χ4v) is 6.55. The largest absolute Gasteiger partial charge is 0.372 e. The number of halogens is 1. The van der Waals surface area contributed by atoms with Gasteiger partial charge in [-0.15, -0.1) is 0 Å². The highest BCUT2D eigenvalue weighted by atomic mass is 35.5. The first-order valence-corrected chi connectivity index (χ1v) is 13.9. The van der Waals surface area contributed by atoms with E-state index in [0.717, 1.165) is 22.2 Å². The molecule has 37 heavy (non-hydrogen) atoms. The van der Waals surface area contributed by atoms with Crippen molar-refractivity contribution in [2.75, 3.05) is 18.0 Å². The topological polar surface area (TPSA) is 54.8 Å². The number of rotatable bonds is 5. The standard InChI is InChI=1S/C28H28ClN3O3S2/c1-4-31-23-12-8-6-10-20(23)25(30-14-17(2)35-18(3)15-30)21(26(31)33)13-24-27(34)32(28(36)37-24)16-19-9-5-7-11-22(19)29/h5-13,17-18H,4,14-16H2,1-3H3. The van der Waals surface area contributed by atoms with E-state index >= 15 is 0 Å². The van der Waals surface area contributed by atoms with Gasteiger partial charge < -0.3 is 14.2 Å². The summed E-state index contributed by atoms with van der Waals surface area (Å²) in [5.41, 5.74) is 2.90. The molecule has 0 spiro atoms. The van der Waals surface area contributed by atoms with Gasteiger partial charge in [0.2, 0.25) is 0 Å². The Morgan fingerprint density at radius 1 is 1.08 bits per heavy atom. The number of para-hydroxylation sites is 1. The van der Waals surface area contributed by atoms with Crippen molar-refractivity contribution in [3.05, 3.63) is 79.9 Å². The SMILES string of the molecule is CCn1c(=O)c(C=C2SC(=S)N(Cc3ccccc3Cl)C2=O)c(N2CC(C)OC(C)C2)c2ccccc21. The van der Waals surface area contributed by atoms with Crippen molar-refractivity contribution in [2.24, 2.45) is 0 Å². The number of carbonyl (C=O) groups excluding carboxylic acids is 1. The quantitative estimate of drug-likeness (QED) is 0.299. The number of morpholine rings is 1. The Morgan fingerprint density at radius 3 is 2.46 bits per heavy atom. The van der Waals surface area contributed by atoms with Gasteiger partial charge in [-0.1, -0.05) is 72.0 Å². The first-order valence-electron chi connectivity index (χ1n) is 12.3. The van der Waals surface area contributed by atoms with Crippen LogP contribution in [0.3, 0.4) is 0 Å². The first kappa shape index (κ1) is 26.0. The predicted molar refractivity (Wildman–Crippen MR) is 156 cm³/mol. The summed E-state index contributed by atoms with van der Waals surface area (Å²) < 4.78 is 8.19. The summed E-state index contributed by atoms with van der Waals surface area (Å²) in [7, 11) is 0. The molecule has 5 rings (SSSR count). The lowest BCUT2D eigenvalue weighted by atomic mass is 10.0. The Hall–Kier alpha value is -2.65. The van der Waals surface area contributed by atoms with Crippen LogP contribution in [0.4, 0.5) is 5.69 Å². The highest BCUT2D eigenvalue weighted by molar-refractivity contribution is 8.26. The summed E-state index contributed by atoms with van der Waals surface area (Å²) in [5, 5.41) is 1.56. The lowest BCUT2D eigenvalue weighted by Gasteiger charge is -2.38. The molecule has 0 aliphatic carbocycles. The van der Waals surface area contributed by atoms with Crippen molar-refractivity contribution in [3.63, 3.8) is 0 Å². The van der Waals surface area contributed by atoms with E-state index in [-0.39, 0.29) is 30.2 Å². The zero-order valence-corrected chi connectivity index (χ0v) is 23.3. The number of ether oxygens (including phenoxy) is 1. The summed E-state index contributed by atoms with van der Waals surface area (Å²) in [4.78, 5) is 31.6. The number of hydrogen-bond acceptors (Lipinski definition) is 6. The number of hydrogen-bond donors (Lipinski definition) is 0. The molecule has 0 bridgehead atoms. The minimum atomic E-state index is -0.222. The van der Waals surface area contributed by atoms with Gasteiger partial charge in [0.05, 0.1) is 40.4 Å². The molecule has 2 atom stereocenters. The molecule has 1 amide bonds. The van der Waals surface area contributed by atoms with Gasteiger partial charge in [-0.2, -0.15) is 0 Å². The van der Waals surface area contributed by atoms with Crippen molar-refractivity contribution >= 4 is 68.5 Å². The Morgan fingerprint density at radius 2 is 1.76 bits per heavy atom. The Bertz CT molecular complexity index is 1480. The second kappa shape index (κ2) is 10.6. The number of thiocarbonyl (C=S) groups is 1. The zero-order valence-electron chi connectivity index (χ0n) is 20.9. The summed E-state index contributed by atoms with van der Waals surface area (Å²) in [6, 6.07) is 15.4. The number of fused-ring (bicyclic) bond motifs is 1. The monoisotopic (exact) mass is 553 g/mol. The van der Waals surface area contributed by atoms with Gasteiger partial charge in [0.1, 0.15) is 4.32 Å². The second-order valence-corrected chi connectivity index (χ2v) is 11.4. The number of pyridine rings is 1. The molecule has 3 heterocycles. The summed E-state index contributed by atoms with van der Waals surface area (Å²) in [6.07, 6.45) is 1.75.